The van der Waals surface area contributed by atoms with Crippen molar-refractivity contribution in [3.63, 3.8) is 0 Å². The zero-order valence-electron chi connectivity index (χ0n) is 11.2. The van der Waals surface area contributed by atoms with Crippen LogP contribution < -0.4 is 0 Å². The Balaban J connectivity index is 2.30. The van der Waals surface area contributed by atoms with E-state index < -0.39 is 11.9 Å². The average Bonchev–Trinajstić information content (AvgIpc) is 2.68. The lowest BCUT2D eigenvalue weighted by molar-refractivity contribution is 0.171. The second-order valence-corrected chi connectivity index (χ2v) is 5.80. The molecule has 108 valence electrons. The van der Waals surface area contributed by atoms with Crippen molar-refractivity contribution in [1.29, 1.82) is 0 Å². The van der Waals surface area contributed by atoms with Gasteiger partial charge in [0.05, 0.1) is 22.0 Å². The molecule has 6 heteroatoms. The van der Waals surface area contributed by atoms with Crippen LogP contribution in [-0.2, 0) is 19.9 Å². The lowest BCUT2D eigenvalue weighted by Gasteiger charge is -2.13. The molecule has 3 nitrogen and oxygen atoms in total. The molecule has 2 aromatic rings. The molecule has 1 aromatic heterocycles. The number of aromatic nitrogens is 2. The van der Waals surface area contributed by atoms with Crippen molar-refractivity contribution in [2.24, 2.45) is 7.05 Å². The van der Waals surface area contributed by atoms with E-state index in [0.717, 1.165) is 22.3 Å². The first kappa shape index (κ1) is 15.5. The summed E-state index contributed by atoms with van der Waals surface area (Å²) in [6.45, 7) is 2.00. The molecule has 0 fully saturated rings. The Morgan fingerprint density at radius 1 is 1.50 bits per heavy atom. The quantitative estimate of drug-likeness (QED) is 0.899. The lowest BCUT2D eigenvalue weighted by Crippen LogP contribution is -2.08. The molecule has 1 heterocycles. The van der Waals surface area contributed by atoms with Gasteiger partial charge in [0, 0.05) is 24.1 Å². The van der Waals surface area contributed by atoms with Crippen LogP contribution in [0.1, 0.15) is 30.0 Å². The Hall–Kier alpha value is -0.910. The summed E-state index contributed by atoms with van der Waals surface area (Å²) in [6, 6.07) is 4.17. The molecule has 0 aliphatic rings. The molecule has 0 bridgehead atoms. The van der Waals surface area contributed by atoms with Crippen molar-refractivity contribution in [3.8, 4) is 0 Å². The summed E-state index contributed by atoms with van der Waals surface area (Å²) in [5.41, 5.74) is 1.94. The van der Waals surface area contributed by atoms with Crippen molar-refractivity contribution in [1.82, 2.24) is 9.78 Å². The summed E-state index contributed by atoms with van der Waals surface area (Å²) in [4.78, 5) is 0. The van der Waals surface area contributed by atoms with E-state index in [1.807, 2.05) is 6.92 Å². The Kier molecular flexibility index (Phi) is 4.83. The smallest absolute Gasteiger partial charge is 0.129 e. The van der Waals surface area contributed by atoms with E-state index in [-0.39, 0.29) is 12.0 Å². The monoisotopic (exact) mass is 360 g/mol. The van der Waals surface area contributed by atoms with Crippen LogP contribution in [0.2, 0.25) is 5.02 Å². The van der Waals surface area contributed by atoms with Gasteiger partial charge in [-0.15, -0.1) is 0 Å². The zero-order valence-corrected chi connectivity index (χ0v) is 13.5. The van der Waals surface area contributed by atoms with Crippen LogP contribution in [0.3, 0.4) is 0 Å². The molecule has 0 spiro atoms. The zero-order chi connectivity index (χ0) is 14.9. The van der Waals surface area contributed by atoms with E-state index >= 15 is 0 Å². The number of nitrogens with zero attached hydrogens (tertiary/aromatic N) is 2. The Bertz CT molecular complexity index is 630. The standard InChI is InChI=1S/C14H15BrClFN2O/c1-3-11-14(15)12(19(2)18-11)7-13(20)9-6-8(16)4-5-10(9)17/h4-6,13,20H,3,7H2,1-2H3. The van der Waals surface area contributed by atoms with Crippen LogP contribution in [0.15, 0.2) is 22.7 Å². The number of rotatable bonds is 4. The van der Waals surface area contributed by atoms with Crippen molar-refractivity contribution in [2.45, 2.75) is 25.9 Å². The van der Waals surface area contributed by atoms with Crippen LogP contribution in [-0.4, -0.2) is 14.9 Å². The number of aryl methyl sites for hydroxylation is 2. The van der Waals surface area contributed by atoms with Gasteiger partial charge < -0.3 is 5.11 Å². The van der Waals surface area contributed by atoms with Gasteiger partial charge in [-0.1, -0.05) is 18.5 Å². The SMILES string of the molecule is CCc1nn(C)c(CC(O)c2cc(Cl)ccc2F)c1Br. The summed E-state index contributed by atoms with van der Waals surface area (Å²) in [7, 11) is 1.81. The second kappa shape index (κ2) is 6.24. The molecule has 0 saturated heterocycles. The summed E-state index contributed by atoms with van der Waals surface area (Å²) >= 11 is 9.33. The van der Waals surface area contributed by atoms with Crippen molar-refractivity contribution in [2.75, 3.05) is 0 Å². The van der Waals surface area contributed by atoms with Crippen molar-refractivity contribution >= 4 is 27.5 Å². The number of hydrogen-bond acceptors (Lipinski definition) is 2. The van der Waals surface area contributed by atoms with Gasteiger partial charge in [0.1, 0.15) is 5.82 Å². The first-order valence-corrected chi connectivity index (χ1v) is 7.44. The number of benzene rings is 1. The topological polar surface area (TPSA) is 38.0 Å². The molecule has 20 heavy (non-hydrogen) atoms. The molecular formula is C14H15BrClFN2O. The summed E-state index contributed by atoms with van der Waals surface area (Å²) < 4.78 is 16.3. The second-order valence-electron chi connectivity index (χ2n) is 4.57. The fraction of sp³-hybridized carbons (Fsp3) is 0.357. The minimum atomic E-state index is -0.967. The van der Waals surface area contributed by atoms with Gasteiger partial charge in [0.15, 0.2) is 0 Å². The van der Waals surface area contributed by atoms with Crippen LogP contribution in [0.4, 0.5) is 4.39 Å². The number of aliphatic hydroxyl groups excluding tert-OH is 1. The highest BCUT2D eigenvalue weighted by Crippen LogP contribution is 2.28. The van der Waals surface area contributed by atoms with Crippen molar-refractivity contribution in [3.05, 3.63) is 50.5 Å². The molecule has 1 aromatic carbocycles. The third kappa shape index (κ3) is 3.05. The molecule has 1 atom stereocenters. The van der Waals surface area contributed by atoms with Crippen LogP contribution in [0, 0.1) is 5.82 Å². The van der Waals surface area contributed by atoms with Crippen LogP contribution in [0.5, 0.6) is 0 Å². The van der Waals surface area contributed by atoms with E-state index in [9.17, 15) is 9.50 Å². The molecule has 1 unspecified atom stereocenters. The summed E-state index contributed by atoms with van der Waals surface area (Å²) in [5.74, 6) is -0.462. The van der Waals surface area contributed by atoms with Gasteiger partial charge in [-0.25, -0.2) is 4.39 Å². The Morgan fingerprint density at radius 3 is 2.80 bits per heavy atom. The summed E-state index contributed by atoms with van der Waals surface area (Å²) in [5, 5.41) is 15.0. The largest absolute Gasteiger partial charge is 0.388 e. The maximum atomic E-state index is 13.7. The fourth-order valence-corrected chi connectivity index (χ4v) is 3.06. The molecule has 1 N–H and O–H groups in total. The summed E-state index contributed by atoms with van der Waals surface area (Å²) in [6.07, 6.45) is 0.0855. The first-order chi connectivity index (χ1) is 9.43. The van der Waals surface area contributed by atoms with E-state index in [0.29, 0.717) is 5.02 Å². The fourth-order valence-electron chi connectivity index (χ4n) is 2.10. The molecule has 0 aliphatic carbocycles. The first-order valence-electron chi connectivity index (χ1n) is 6.27. The van der Waals surface area contributed by atoms with Gasteiger partial charge in [0.2, 0.25) is 0 Å². The molecule has 0 radical (unpaired) electrons. The predicted octanol–water partition coefficient (Wildman–Crippen LogP) is 3.81. The molecular weight excluding hydrogens is 347 g/mol. The lowest BCUT2D eigenvalue weighted by atomic mass is 10.0. The van der Waals surface area contributed by atoms with Gasteiger partial charge in [-0.3, -0.25) is 4.68 Å². The van der Waals surface area contributed by atoms with Gasteiger partial charge >= 0.3 is 0 Å². The van der Waals surface area contributed by atoms with E-state index in [2.05, 4.69) is 21.0 Å². The van der Waals surface area contributed by atoms with Crippen LogP contribution in [0.25, 0.3) is 0 Å². The molecule has 0 aliphatic heterocycles. The van der Waals surface area contributed by atoms with Crippen LogP contribution >= 0.6 is 27.5 Å². The van der Waals surface area contributed by atoms with Gasteiger partial charge in [-0.2, -0.15) is 5.10 Å². The maximum absolute atomic E-state index is 13.7. The highest BCUT2D eigenvalue weighted by Gasteiger charge is 2.19. The predicted molar refractivity (Wildman–Crippen MR) is 80.4 cm³/mol. The number of aliphatic hydroxyl groups is 1. The number of hydrogen-bond donors (Lipinski definition) is 1. The molecule has 2 rings (SSSR count). The van der Waals surface area contributed by atoms with Gasteiger partial charge in [-0.05, 0) is 40.5 Å². The third-order valence-corrected chi connectivity index (χ3v) is 4.36. The molecule has 0 amide bonds. The van der Waals surface area contributed by atoms with E-state index in [1.165, 1.54) is 18.2 Å². The molecule has 0 saturated carbocycles. The van der Waals surface area contributed by atoms with Gasteiger partial charge in [0.25, 0.3) is 0 Å². The van der Waals surface area contributed by atoms with E-state index in [4.69, 9.17) is 11.6 Å². The normalized spacial score (nSPS) is 12.7. The minimum Gasteiger partial charge on any atom is -0.388 e. The van der Waals surface area contributed by atoms with Crippen molar-refractivity contribution < 1.29 is 9.50 Å². The highest BCUT2D eigenvalue weighted by molar-refractivity contribution is 9.10. The number of halogens is 3. The average molecular weight is 362 g/mol. The van der Waals surface area contributed by atoms with E-state index in [1.54, 1.807) is 11.7 Å². The maximum Gasteiger partial charge on any atom is 0.129 e. The Morgan fingerprint density at radius 2 is 2.20 bits per heavy atom. The minimum absolute atomic E-state index is 0.198. The highest BCUT2D eigenvalue weighted by atomic mass is 79.9. The Labute approximate surface area is 130 Å². The third-order valence-electron chi connectivity index (χ3n) is 3.21.